The molecule has 0 spiro atoms. The van der Waals surface area contributed by atoms with Gasteiger partial charge in [-0.25, -0.2) is 4.79 Å². The van der Waals surface area contributed by atoms with Crippen LogP contribution in [-0.2, 0) is 5.75 Å². The van der Waals surface area contributed by atoms with Gasteiger partial charge in [-0.05, 0) is 42.0 Å². The molecular formula is C17H19NO3S. The van der Waals surface area contributed by atoms with Crippen molar-refractivity contribution in [3.63, 3.8) is 0 Å². The van der Waals surface area contributed by atoms with Crippen molar-refractivity contribution in [3.8, 4) is 11.5 Å². The highest BCUT2D eigenvalue weighted by atomic mass is 32.2. The standard InChI is InChI=1S/C17H19NO3S/c19-17(20)18-10-5-11-22-13-14-6-4-9-16(12-14)21-15-7-2-1-3-8-15/h1-4,6-9,12,18H,5,10-11,13H2,(H,19,20). The molecule has 2 rings (SSSR count). The number of para-hydroxylation sites is 1. The lowest BCUT2D eigenvalue weighted by Crippen LogP contribution is -2.22. The molecule has 0 bridgehead atoms. The average molecular weight is 317 g/mol. The van der Waals surface area contributed by atoms with E-state index in [2.05, 4.69) is 11.4 Å². The zero-order valence-corrected chi connectivity index (χ0v) is 13.0. The Balaban J connectivity index is 1.75. The Morgan fingerprint density at radius 1 is 1.09 bits per heavy atom. The monoisotopic (exact) mass is 317 g/mol. The molecule has 0 heterocycles. The largest absolute Gasteiger partial charge is 0.465 e. The number of amides is 1. The van der Waals surface area contributed by atoms with Crippen molar-refractivity contribution in [3.05, 3.63) is 60.2 Å². The third-order valence-electron chi connectivity index (χ3n) is 2.89. The van der Waals surface area contributed by atoms with Gasteiger partial charge in [0.1, 0.15) is 11.5 Å². The van der Waals surface area contributed by atoms with Crippen molar-refractivity contribution in [1.82, 2.24) is 5.32 Å². The Morgan fingerprint density at radius 2 is 1.86 bits per heavy atom. The minimum atomic E-state index is -0.962. The van der Waals surface area contributed by atoms with Gasteiger partial charge in [0.2, 0.25) is 0 Å². The molecule has 2 aromatic rings. The number of rotatable bonds is 8. The van der Waals surface area contributed by atoms with Gasteiger partial charge in [0.25, 0.3) is 0 Å². The Hall–Kier alpha value is -2.14. The van der Waals surface area contributed by atoms with E-state index in [1.165, 1.54) is 5.56 Å². The van der Waals surface area contributed by atoms with Crippen molar-refractivity contribution in [1.29, 1.82) is 0 Å². The number of hydrogen-bond donors (Lipinski definition) is 2. The van der Waals surface area contributed by atoms with E-state index in [0.717, 1.165) is 29.4 Å². The molecule has 5 heteroatoms. The van der Waals surface area contributed by atoms with Gasteiger partial charge in [0, 0.05) is 12.3 Å². The molecule has 0 fully saturated rings. The SMILES string of the molecule is O=C(O)NCCCSCc1cccc(Oc2ccccc2)c1. The zero-order valence-electron chi connectivity index (χ0n) is 12.2. The van der Waals surface area contributed by atoms with E-state index in [4.69, 9.17) is 9.84 Å². The van der Waals surface area contributed by atoms with Gasteiger partial charge in [0.05, 0.1) is 0 Å². The zero-order chi connectivity index (χ0) is 15.6. The van der Waals surface area contributed by atoms with Gasteiger partial charge in [-0.3, -0.25) is 0 Å². The minimum absolute atomic E-state index is 0.499. The van der Waals surface area contributed by atoms with Gasteiger partial charge >= 0.3 is 6.09 Å². The molecule has 4 nitrogen and oxygen atoms in total. The van der Waals surface area contributed by atoms with Crippen LogP contribution >= 0.6 is 11.8 Å². The van der Waals surface area contributed by atoms with E-state index in [0.29, 0.717) is 6.54 Å². The molecule has 1 amide bonds. The van der Waals surface area contributed by atoms with Crippen molar-refractivity contribution in [2.75, 3.05) is 12.3 Å². The average Bonchev–Trinajstić information content (AvgIpc) is 2.52. The Morgan fingerprint density at radius 3 is 2.64 bits per heavy atom. The van der Waals surface area contributed by atoms with Crippen LogP contribution in [0.15, 0.2) is 54.6 Å². The maximum absolute atomic E-state index is 10.3. The lowest BCUT2D eigenvalue weighted by atomic mass is 10.2. The highest BCUT2D eigenvalue weighted by molar-refractivity contribution is 7.98. The van der Waals surface area contributed by atoms with E-state index >= 15 is 0 Å². The van der Waals surface area contributed by atoms with Crippen LogP contribution < -0.4 is 10.1 Å². The van der Waals surface area contributed by atoms with Gasteiger partial charge in [0.15, 0.2) is 0 Å². The highest BCUT2D eigenvalue weighted by Crippen LogP contribution is 2.23. The third-order valence-corrected chi connectivity index (χ3v) is 4.00. The molecule has 2 N–H and O–H groups in total. The number of thioether (sulfide) groups is 1. The number of ether oxygens (including phenoxy) is 1. The summed E-state index contributed by atoms with van der Waals surface area (Å²) in [5.41, 5.74) is 1.20. The molecule has 0 radical (unpaired) electrons. The summed E-state index contributed by atoms with van der Waals surface area (Å²) in [5, 5.41) is 10.8. The summed E-state index contributed by atoms with van der Waals surface area (Å²) in [6.07, 6.45) is -0.132. The molecular weight excluding hydrogens is 298 g/mol. The van der Waals surface area contributed by atoms with Crippen molar-refractivity contribution in [2.45, 2.75) is 12.2 Å². The predicted octanol–water partition coefficient (Wildman–Crippen LogP) is 4.37. The first-order valence-corrected chi connectivity index (χ1v) is 8.26. The molecule has 0 aromatic heterocycles. The molecule has 0 aliphatic carbocycles. The third kappa shape index (κ3) is 6.10. The van der Waals surface area contributed by atoms with Crippen LogP contribution in [0.25, 0.3) is 0 Å². The minimum Gasteiger partial charge on any atom is -0.465 e. The summed E-state index contributed by atoms with van der Waals surface area (Å²) in [4.78, 5) is 10.3. The molecule has 0 saturated heterocycles. The van der Waals surface area contributed by atoms with Crippen LogP contribution in [0.2, 0.25) is 0 Å². The van der Waals surface area contributed by atoms with Crippen LogP contribution in [0.1, 0.15) is 12.0 Å². The molecule has 116 valence electrons. The smallest absolute Gasteiger partial charge is 0.404 e. The number of nitrogens with one attached hydrogen (secondary N) is 1. The second kappa shape index (κ2) is 9.00. The molecule has 0 unspecified atom stereocenters. The molecule has 0 saturated carbocycles. The van der Waals surface area contributed by atoms with Crippen LogP contribution in [0.4, 0.5) is 4.79 Å². The quantitative estimate of drug-likeness (QED) is 0.710. The Bertz CT molecular complexity index is 589. The fourth-order valence-corrected chi connectivity index (χ4v) is 2.79. The summed E-state index contributed by atoms with van der Waals surface area (Å²) >= 11 is 1.78. The maximum Gasteiger partial charge on any atom is 0.404 e. The predicted molar refractivity (Wildman–Crippen MR) is 89.8 cm³/mol. The second-order valence-electron chi connectivity index (χ2n) is 4.70. The molecule has 0 aliphatic heterocycles. The number of hydrogen-bond acceptors (Lipinski definition) is 3. The van der Waals surface area contributed by atoms with Crippen molar-refractivity contribution >= 4 is 17.9 Å². The van der Waals surface area contributed by atoms with Crippen LogP contribution in [0.5, 0.6) is 11.5 Å². The number of carbonyl (C=O) groups is 1. The Kier molecular flexibility index (Phi) is 6.64. The first-order valence-electron chi connectivity index (χ1n) is 7.10. The lowest BCUT2D eigenvalue weighted by molar-refractivity contribution is 0.194. The van der Waals surface area contributed by atoms with E-state index in [-0.39, 0.29) is 0 Å². The van der Waals surface area contributed by atoms with Crippen LogP contribution in [0.3, 0.4) is 0 Å². The molecule has 2 aromatic carbocycles. The van der Waals surface area contributed by atoms with E-state index < -0.39 is 6.09 Å². The van der Waals surface area contributed by atoms with Crippen molar-refractivity contribution in [2.24, 2.45) is 0 Å². The van der Waals surface area contributed by atoms with E-state index in [1.807, 2.05) is 48.5 Å². The summed E-state index contributed by atoms with van der Waals surface area (Å²) in [6.45, 7) is 0.499. The first kappa shape index (κ1) is 16.2. The molecule has 0 atom stereocenters. The normalized spacial score (nSPS) is 10.2. The van der Waals surface area contributed by atoms with E-state index in [1.54, 1.807) is 11.8 Å². The summed E-state index contributed by atoms with van der Waals surface area (Å²) in [5.74, 6) is 3.47. The second-order valence-corrected chi connectivity index (χ2v) is 5.81. The lowest BCUT2D eigenvalue weighted by Gasteiger charge is -2.07. The topological polar surface area (TPSA) is 58.6 Å². The van der Waals surface area contributed by atoms with Gasteiger partial charge in [-0.15, -0.1) is 0 Å². The fourth-order valence-electron chi connectivity index (χ4n) is 1.88. The summed E-state index contributed by atoms with van der Waals surface area (Å²) < 4.78 is 5.81. The first-order chi connectivity index (χ1) is 10.7. The maximum atomic E-state index is 10.3. The van der Waals surface area contributed by atoms with Crippen LogP contribution in [0, 0.1) is 0 Å². The number of benzene rings is 2. The van der Waals surface area contributed by atoms with Crippen LogP contribution in [-0.4, -0.2) is 23.5 Å². The molecule has 0 aliphatic rings. The van der Waals surface area contributed by atoms with E-state index in [9.17, 15) is 4.79 Å². The Labute approximate surface area is 134 Å². The fraction of sp³-hybridized carbons (Fsp3) is 0.235. The van der Waals surface area contributed by atoms with Gasteiger partial charge in [-0.2, -0.15) is 11.8 Å². The van der Waals surface area contributed by atoms with Gasteiger partial charge in [-0.1, -0.05) is 30.3 Å². The van der Waals surface area contributed by atoms with Gasteiger partial charge < -0.3 is 15.2 Å². The number of carboxylic acid groups (broad SMARTS) is 1. The highest BCUT2D eigenvalue weighted by Gasteiger charge is 2.00. The van der Waals surface area contributed by atoms with Crippen molar-refractivity contribution < 1.29 is 14.6 Å². The summed E-state index contributed by atoms with van der Waals surface area (Å²) in [7, 11) is 0. The molecule has 22 heavy (non-hydrogen) atoms. The summed E-state index contributed by atoms with van der Waals surface area (Å²) in [6, 6.07) is 17.7.